The van der Waals surface area contributed by atoms with Crippen molar-refractivity contribution in [3.8, 4) is 11.8 Å². The number of aromatic nitrogens is 2. The van der Waals surface area contributed by atoms with Gasteiger partial charge in [0.25, 0.3) is 0 Å². The van der Waals surface area contributed by atoms with Crippen LogP contribution in [0.4, 0.5) is 0 Å². The monoisotopic (exact) mass is 296 g/mol. The highest BCUT2D eigenvalue weighted by Gasteiger charge is 2.14. The molecule has 0 radical (unpaired) electrons. The predicted molar refractivity (Wildman–Crippen MR) is 79.4 cm³/mol. The molecule has 0 atom stereocenters. The Kier molecular flexibility index (Phi) is 6.36. The van der Waals surface area contributed by atoms with E-state index in [1.165, 1.54) is 6.33 Å². The number of rotatable bonds is 7. The topological polar surface area (TPSA) is 85.4 Å². The summed E-state index contributed by atoms with van der Waals surface area (Å²) in [7, 11) is 3.09. The molecule has 7 heteroatoms. The van der Waals surface area contributed by atoms with Gasteiger partial charge >= 0.3 is 0 Å². The lowest BCUT2D eigenvalue weighted by Gasteiger charge is -2.20. The molecular formula is C14H24N4O3. The summed E-state index contributed by atoms with van der Waals surface area (Å²) in [5.74, 6) is 0.945. The maximum absolute atomic E-state index is 11.7. The smallest absolute Gasteiger partial charge is 0.224 e. The van der Waals surface area contributed by atoms with Crippen LogP contribution in [0.15, 0.2) is 6.33 Å². The third-order valence-electron chi connectivity index (χ3n) is 2.60. The molecule has 1 heterocycles. The predicted octanol–water partition coefficient (Wildman–Crippen LogP) is 0.888. The normalized spacial score (nSPS) is 11.1. The first-order chi connectivity index (χ1) is 9.87. The third-order valence-corrected chi connectivity index (χ3v) is 2.60. The minimum absolute atomic E-state index is 0.0123. The second kappa shape index (κ2) is 7.78. The molecule has 0 bridgehead atoms. The molecule has 1 amide bonds. The van der Waals surface area contributed by atoms with Crippen LogP contribution in [0.5, 0.6) is 11.8 Å². The van der Waals surface area contributed by atoms with E-state index in [1.807, 2.05) is 20.8 Å². The van der Waals surface area contributed by atoms with Crippen LogP contribution in [0.3, 0.4) is 0 Å². The summed E-state index contributed by atoms with van der Waals surface area (Å²) in [5.41, 5.74) is 0.523. The van der Waals surface area contributed by atoms with E-state index < -0.39 is 0 Å². The average molecular weight is 296 g/mol. The quantitative estimate of drug-likeness (QED) is 0.727. The van der Waals surface area contributed by atoms with Crippen molar-refractivity contribution >= 4 is 5.91 Å². The molecule has 1 aromatic rings. The Morgan fingerprint density at radius 2 is 1.76 bits per heavy atom. The van der Waals surface area contributed by atoms with Gasteiger partial charge in [0.2, 0.25) is 17.7 Å². The zero-order valence-electron chi connectivity index (χ0n) is 13.3. The van der Waals surface area contributed by atoms with Crippen LogP contribution < -0.4 is 20.1 Å². The van der Waals surface area contributed by atoms with Crippen molar-refractivity contribution in [1.29, 1.82) is 0 Å². The highest BCUT2D eigenvalue weighted by Crippen LogP contribution is 2.22. The number of ether oxygens (including phenoxy) is 2. The first-order valence-corrected chi connectivity index (χ1v) is 6.81. The van der Waals surface area contributed by atoms with Gasteiger partial charge in [0.15, 0.2) is 0 Å². The van der Waals surface area contributed by atoms with E-state index >= 15 is 0 Å². The standard InChI is InChI=1S/C14H24N4O3/c1-14(2,3)18-11(19)6-7-15-8-10-12(20-4)16-9-17-13(10)21-5/h9,15H,6-8H2,1-5H3,(H,18,19). The van der Waals surface area contributed by atoms with Gasteiger partial charge in [-0.1, -0.05) is 0 Å². The van der Waals surface area contributed by atoms with Crippen molar-refractivity contribution in [1.82, 2.24) is 20.6 Å². The van der Waals surface area contributed by atoms with E-state index in [4.69, 9.17) is 9.47 Å². The van der Waals surface area contributed by atoms with E-state index in [2.05, 4.69) is 20.6 Å². The Morgan fingerprint density at radius 3 is 2.24 bits per heavy atom. The number of hydrogen-bond acceptors (Lipinski definition) is 6. The summed E-state index contributed by atoms with van der Waals surface area (Å²) in [4.78, 5) is 19.8. The van der Waals surface area contributed by atoms with E-state index in [-0.39, 0.29) is 11.4 Å². The first-order valence-electron chi connectivity index (χ1n) is 6.81. The maximum atomic E-state index is 11.7. The molecule has 0 aliphatic heterocycles. The zero-order chi connectivity index (χ0) is 15.9. The summed E-state index contributed by atoms with van der Waals surface area (Å²) >= 11 is 0. The first kappa shape index (κ1) is 17.2. The molecule has 7 nitrogen and oxygen atoms in total. The molecule has 0 aromatic carbocycles. The fourth-order valence-electron chi connectivity index (χ4n) is 1.78. The molecule has 2 N–H and O–H groups in total. The van der Waals surface area contributed by atoms with E-state index in [1.54, 1.807) is 14.2 Å². The number of carbonyl (C=O) groups is 1. The van der Waals surface area contributed by atoms with Crippen molar-refractivity contribution in [2.75, 3.05) is 20.8 Å². The van der Waals surface area contributed by atoms with Crippen molar-refractivity contribution in [3.05, 3.63) is 11.9 Å². The van der Waals surface area contributed by atoms with Gasteiger partial charge in [-0.25, -0.2) is 9.97 Å². The molecule has 0 spiro atoms. The molecular weight excluding hydrogens is 272 g/mol. The van der Waals surface area contributed by atoms with Crippen LogP contribution in [-0.4, -0.2) is 42.2 Å². The van der Waals surface area contributed by atoms with Gasteiger partial charge in [-0.3, -0.25) is 4.79 Å². The lowest BCUT2D eigenvalue weighted by Crippen LogP contribution is -2.41. The van der Waals surface area contributed by atoms with Crippen LogP contribution in [0, 0.1) is 0 Å². The number of amides is 1. The number of hydrogen-bond donors (Lipinski definition) is 2. The third kappa shape index (κ3) is 5.95. The zero-order valence-corrected chi connectivity index (χ0v) is 13.3. The van der Waals surface area contributed by atoms with Crippen LogP contribution in [-0.2, 0) is 11.3 Å². The molecule has 0 saturated heterocycles. The van der Waals surface area contributed by atoms with Crippen LogP contribution in [0.25, 0.3) is 0 Å². The van der Waals surface area contributed by atoms with Gasteiger partial charge in [-0.05, 0) is 20.8 Å². The largest absolute Gasteiger partial charge is 0.481 e. The Hall–Kier alpha value is -1.89. The van der Waals surface area contributed by atoms with Gasteiger partial charge < -0.3 is 20.1 Å². The summed E-state index contributed by atoms with van der Waals surface area (Å²) < 4.78 is 10.4. The fourth-order valence-corrected chi connectivity index (χ4v) is 1.78. The highest BCUT2D eigenvalue weighted by atomic mass is 16.5. The molecule has 1 rings (SSSR count). The van der Waals surface area contributed by atoms with Gasteiger partial charge in [0, 0.05) is 25.0 Å². The van der Waals surface area contributed by atoms with Gasteiger partial charge in [-0.15, -0.1) is 0 Å². The molecule has 1 aromatic heterocycles. The van der Waals surface area contributed by atoms with E-state index in [0.29, 0.717) is 31.3 Å². The fraction of sp³-hybridized carbons (Fsp3) is 0.643. The van der Waals surface area contributed by atoms with Crippen LogP contribution >= 0.6 is 0 Å². The number of nitrogens with zero attached hydrogens (tertiary/aromatic N) is 2. The van der Waals surface area contributed by atoms with Crippen molar-refractivity contribution < 1.29 is 14.3 Å². The molecule has 21 heavy (non-hydrogen) atoms. The second-order valence-corrected chi connectivity index (χ2v) is 5.60. The summed E-state index contributed by atoms with van der Waals surface area (Å²) in [6, 6.07) is 0. The lowest BCUT2D eigenvalue weighted by molar-refractivity contribution is -0.122. The lowest BCUT2D eigenvalue weighted by atomic mass is 10.1. The summed E-state index contributed by atoms with van der Waals surface area (Å²) in [6.07, 6.45) is 1.79. The van der Waals surface area contributed by atoms with Crippen LogP contribution in [0.1, 0.15) is 32.8 Å². The molecule has 118 valence electrons. The van der Waals surface area contributed by atoms with E-state index in [0.717, 1.165) is 5.56 Å². The second-order valence-electron chi connectivity index (χ2n) is 5.60. The average Bonchev–Trinajstić information content (AvgIpc) is 2.41. The number of nitrogens with one attached hydrogen (secondary N) is 2. The summed E-state index contributed by atoms with van der Waals surface area (Å²) in [5, 5.41) is 6.08. The Morgan fingerprint density at radius 1 is 1.19 bits per heavy atom. The van der Waals surface area contributed by atoms with Crippen molar-refractivity contribution in [2.45, 2.75) is 39.3 Å². The Balaban J connectivity index is 2.48. The summed E-state index contributed by atoms with van der Waals surface area (Å²) in [6.45, 7) is 6.87. The van der Waals surface area contributed by atoms with Crippen LogP contribution in [0.2, 0.25) is 0 Å². The van der Waals surface area contributed by atoms with Gasteiger partial charge in [0.1, 0.15) is 6.33 Å². The van der Waals surface area contributed by atoms with Gasteiger partial charge in [-0.2, -0.15) is 0 Å². The molecule has 0 aliphatic carbocycles. The number of methoxy groups -OCH3 is 2. The van der Waals surface area contributed by atoms with Gasteiger partial charge in [0.05, 0.1) is 19.8 Å². The molecule has 0 unspecified atom stereocenters. The van der Waals surface area contributed by atoms with E-state index in [9.17, 15) is 4.79 Å². The molecule has 0 fully saturated rings. The van der Waals surface area contributed by atoms with Crippen molar-refractivity contribution in [2.24, 2.45) is 0 Å². The Labute approximate surface area is 125 Å². The highest BCUT2D eigenvalue weighted by molar-refractivity contribution is 5.76. The maximum Gasteiger partial charge on any atom is 0.224 e. The molecule has 0 aliphatic rings. The minimum atomic E-state index is -0.212. The number of carbonyl (C=O) groups excluding carboxylic acids is 1. The SMILES string of the molecule is COc1ncnc(OC)c1CNCCC(=O)NC(C)(C)C. The molecule has 0 saturated carbocycles. The Bertz CT molecular complexity index is 450. The minimum Gasteiger partial charge on any atom is -0.481 e. The van der Waals surface area contributed by atoms with Crippen molar-refractivity contribution in [3.63, 3.8) is 0 Å².